The van der Waals surface area contributed by atoms with E-state index in [-0.39, 0.29) is 34.1 Å². The second-order valence-electron chi connectivity index (χ2n) is 10.1. The molecular formula is C20H23FN10O10P2S2. The summed E-state index contributed by atoms with van der Waals surface area (Å²) in [6, 6.07) is 0. The van der Waals surface area contributed by atoms with Gasteiger partial charge in [-0.25, -0.2) is 24.3 Å². The average molecular weight is 709 g/mol. The first-order valence-electron chi connectivity index (χ1n) is 12.9. The number of nitrogens with zero attached hydrogens (tertiary/aromatic N) is 7. The first-order chi connectivity index (χ1) is 21.3. The molecule has 45 heavy (non-hydrogen) atoms. The Morgan fingerprint density at radius 3 is 2.27 bits per heavy atom. The summed E-state index contributed by atoms with van der Waals surface area (Å²) in [7, 11) is 0. The number of halogens is 1. The van der Waals surface area contributed by atoms with E-state index >= 15 is 4.39 Å². The molecule has 2 bridgehead atoms. The molecule has 7 heterocycles. The van der Waals surface area contributed by atoms with Gasteiger partial charge in [0.15, 0.2) is 41.3 Å². The minimum Gasteiger partial charge on any atom is -0.387 e. The number of nitrogens with two attached hydrogens (primary N) is 2. The molecule has 0 aromatic carbocycles. The molecule has 3 fully saturated rings. The van der Waals surface area contributed by atoms with Gasteiger partial charge in [0.2, 0.25) is 5.95 Å². The fourth-order valence-electron chi connectivity index (χ4n) is 5.26. The van der Waals surface area contributed by atoms with E-state index in [2.05, 4.69) is 29.9 Å². The Kier molecular flexibility index (Phi) is 7.76. The van der Waals surface area contributed by atoms with Crippen LogP contribution in [0.5, 0.6) is 0 Å². The van der Waals surface area contributed by atoms with Gasteiger partial charge in [0.1, 0.15) is 42.4 Å². The predicted octanol–water partition coefficient (Wildman–Crippen LogP) is -1.13. The van der Waals surface area contributed by atoms with Crippen molar-refractivity contribution in [2.24, 2.45) is 0 Å². The molecule has 0 aliphatic carbocycles. The molecule has 3 aliphatic rings. The minimum atomic E-state index is -4.27. The molecule has 0 amide bonds. The molecule has 3 aliphatic heterocycles. The van der Waals surface area contributed by atoms with E-state index in [0.29, 0.717) is 0 Å². The van der Waals surface area contributed by atoms with Crippen molar-refractivity contribution in [1.82, 2.24) is 39.0 Å². The summed E-state index contributed by atoms with van der Waals surface area (Å²) in [5.74, 6) is -0.171. The van der Waals surface area contributed by atoms with Crippen LogP contribution in [0.3, 0.4) is 0 Å². The largest absolute Gasteiger partial charge is 0.387 e. The molecule has 0 saturated carbocycles. The molecule has 0 radical (unpaired) electrons. The summed E-state index contributed by atoms with van der Waals surface area (Å²) < 4.78 is 52.6. The lowest BCUT2D eigenvalue weighted by molar-refractivity contribution is -0.0602. The molecule has 20 nitrogen and oxygen atoms in total. The number of aliphatic hydroxyl groups is 1. The summed E-state index contributed by atoms with van der Waals surface area (Å²) >= 11 is 10.4. The van der Waals surface area contributed by atoms with Crippen LogP contribution in [-0.2, 0) is 51.2 Å². The van der Waals surface area contributed by atoms with Gasteiger partial charge >= 0.3 is 13.4 Å². The smallest absolute Gasteiger partial charge is 0.325 e. The standard InChI is InChI=1S/C20H23FN10O10P2S2/c21-8-12-7(39-18(8)30-4-26-9-14(22)24-3-25-15(9)30)2-37-43(35,45)41-13-11(32)6(1-36-42(34,44)40-12)38-19(13)31-5-27-10-16(31)28-20(23)29-17(10)33/h3-8,11-13,18-19,32H,1-2H2,(H,34,44)(H,35,45)(H2,22,24,25)(H3,23,28,29,33)/t6-,7-,8-,11-,12-,13-,18-,19-,42?,43?/m1/s1. The number of H-pyrrole nitrogens is 1. The van der Waals surface area contributed by atoms with Crippen molar-refractivity contribution in [2.75, 3.05) is 24.7 Å². The number of ether oxygens (including phenoxy) is 2. The Bertz CT molecular complexity index is 1950. The van der Waals surface area contributed by atoms with Gasteiger partial charge in [0, 0.05) is 0 Å². The highest BCUT2D eigenvalue weighted by molar-refractivity contribution is 8.07. The molecule has 7 rings (SSSR count). The Labute approximate surface area is 259 Å². The van der Waals surface area contributed by atoms with Crippen LogP contribution in [0.4, 0.5) is 16.2 Å². The van der Waals surface area contributed by atoms with Crippen molar-refractivity contribution < 1.29 is 46.9 Å². The summed E-state index contributed by atoms with van der Waals surface area (Å²) in [5.41, 5.74) is 11.1. The van der Waals surface area contributed by atoms with E-state index in [1.54, 1.807) is 0 Å². The number of aromatic amines is 1. The lowest BCUT2D eigenvalue weighted by Crippen LogP contribution is -2.35. The number of aliphatic hydroxyl groups excluding tert-OH is 1. The van der Waals surface area contributed by atoms with Crippen LogP contribution >= 0.6 is 13.4 Å². The monoisotopic (exact) mass is 708 g/mol. The summed E-state index contributed by atoms with van der Waals surface area (Å²) in [4.78, 5) is 56.8. The topological polar surface area (TPSA) is 275 Å². The molecule has 10 atom stereocenters. The number of aromatic nitrogens is 8. The molecule has 4 aromatic heterocycles. The van der Waals surface area contributed by atoms with Crippen molar-refractivity contribution >= 4 is 71.1 Å². The summed E-state index contributed by atoms with van der Waals surface area (Å²) in [6.45, 7) is -9.73. The van der Waals surface area contributed by atoms with E-state index in [9.17, 15) is 19.7 Å². The molecule has 8 N–H and O–H groups in total. The minimum absolute atomic E-state index is 0.0335. The maximum absolute atomic E-state index is 16.0. The number of nitrogen functional groups attached to an aromatic ring is 2. The zero-order valence-electron chi connectivity index (χ0n) is 22.3. The zero-order chi connectivity index (χ0) is 31.8. The number of nitrogens with one attached hydrogen (secondary N) is 1. The molecule has 3 saturated heterocycles. The van der Waals surface area contributed by atoms with E-state index in [4.69, 9.17) is 62.6 Å². The van der Waals surface area contributed by atoms with Crippen molar-refractivity contribution in [2.45, 2.75) is 49.1 Å². The quantitative estimate of drug-likeness (QED) is 0.134. The summed E-state index contributed by atoms with van der Waals surface area (Å²) in [6.07, 6.45) is -8.39. The maximum atomic E-state index is 16.0. The van der Waals surface area contributed by atoms with Crippen molar-refractivity contribution in [3.8, 4) is 0 Å². The van der Waals surface area contributed by atoms with Gasteiger partial charge in [-0.15, -0.1) is 0 Å². The highest BCUT2D eigenvalue weighted by Gasteiger charge is 2.53. The fraction of sp³-hybridized carbons (Fsp3) is 0.500. The van der Waals surface area contributed by atoms with Crippen LogP contribution in [0, 0.1) is 0 Å². The van der Waals surface area contributed by atoms with Crippen molar-refractivity contribution in [1.29, 1.82) is 0 Å². The number of hydrogen-bond donors (Lipinski definition) is 6. The van der Waals surface area contributed by atoms with Gasteiger partial charge in [0.05, 0.1) is 25.9 Å². The Morgan fingerprint density at radius 2 is 1.53 bits per heavy atom. The van der Waals surface area contributed by atoms with Crippen molar-refractivity contribution in [3.05, 3.63) is 29.3 Å². The summed E-state index contributed by atoms with van der Waals surface area (Å²) in [5, 5.41) is 11.1. The lowest BCUT2D eigenvalue weighted by Gasteiger charge is -2.27. The molecule has 2 unspecified atom stereocenters. The molecular weight excluding hydrogens is 685 g/mol. The third-order valence-electron chi connectivity index (χ3n) is 7.28. The van der Waals surface area contributed by atoms with Gasteiger partial charge < -0.3 is 44.9 Å². The number of fused-ring (bicyclic) bond motifs is 5. The predicted molar refractivity (Wildman–Crippen MR) is 156 cm³/mol. The maximum Gasteiger partial charge on any atom is 0.325 e. The molecule has 4 aromatic rings. The molecule has 242 valence electrons. The third kappa shape index (κ3) is 5.56. The number of hydrogen-bond acceptors (Lipinski definition) is 17. The Hall–Kier alpha value is -2.63. The van der Waals surface area contributed by atoms with E-state index in [0.717, 1.165) is 0 Å². The number of anilines is 2. The van der Waals surface area contributed by atoms with Crippen LogP contribution in [0.15, 0.2) is 23.8 Å². The second-order valence-corrected chi connectivity index (χ2v) is 15.7. The number of imidazole rings is 2. The van der Waals surface area contributed by atoms with Gasteiger partial charge in [0.25, 0.3) is 5.56 Å². The van der Waals surface area contributed by atoms with Gasteiger partial charge in [-0.3, -0.25) is 28.0 Å². The first kappa shape index (κ1) is 31.0. The number of rotatable bonds is 2. The highest BCUT2D eigenvalue weighted by Crippen LogP contribution is 2.54. The van der Waals surface area contributed by atoms with Crippen LogP contribution in [0.1, 0.15) is 12.5 Å². The van der Waals surface area contributed by atoms with E-state index in [1.807, 2.05) is 0 Å². The van der Waals surface area contributed by atoms with Gasteiger partial charge in [-0.05, 0) is 23.6 Å². The second kappa shape index (κ2) is 11.3. The SMILES string of the molecule is Nc1nc2c(ncn2[C@@H]2O[C@@H]3COP(O)(=S)O[C@H]4[C@@H](F)[C@H](n5cnc6c(N)ncnc65)O[C@@H]4COP(O)(=S)O[C@@H]2[C@@H]3O)c(=O)[nH]1. The first-order valence-corrected chi connectivity index (χ1v) is 18.1. The zero-order valence-corrected chi connectivity index (χ0v) is 25.8. The molecule has 25 heteroatoms. The van der Waals surface area contributed by atoms with Crippen LogP contribution in [0.2, 0.25) is 0 Å². The third-order valence-corrected chi connectivity index (χ3v) is 10.4. The van der Waals surface area contributed by atoms with Crippen molar-refractivity contribution in [3.63, 3.8) is 0 Å². The Morgan fingerprint density at radius 1 is 0.911 bits per heavy atom. The van der Waals surface area contributed by atoms with Gasteiger partial charge in [-0.2, -0.15) is 4.98 Å². The van der Waals surface area contributed by atoms with E-state index in [1.165, 1.54) is 28.1 Å². The van der Waals surface area contributed by atoms with Crippen LogP contribution in [-0.4, -0.2) is 104 Å². The lowest BCUT2D eigenvalue weighted by atomic mass is 10.1. The fourth-order valence-corrected chi connectivity index (χ4v) is 8.11. The number of alkyl halides is 1. The van der Waals surface area contributed by atoms with Gasteiger partial charge in [-0.1, -0.05) is 0 Å². The van der Waals surface area contributed by atoms with E-state index < -0.39 is 81.4 Å². The van der Waals surface area contributed by atoms with Crippen LogP contribution in [0.25, 0.3) is 22.3 Å². The highest BCUT2D eigenvalue weighted by atomic mass is 32.5. The average Bonchev–Trinajstić information content (AvgIpc) is 3.72. The normalized spacial score (nSPS) is 37.7. The molecule has 0 spiro atoms. The van der Waals surface area contributed by atoms with Crippen LogP contribution < -0.4 is 17.0 Å². The Balaban J connectivity index is 1.21.